The van der Waals surface area contributed by atoms with Gasteiger partial charge in [0.2, 0.25) is 0 Å². The van der Waals surface area contributed by atoms with Crippen molar-refractivity contribution in [2.24, 2.45) is 5.73 Å². The number of hydrogen-bond donors (Lipinski definition) is 2. The normalized spacial score (nSPS) is 19.1. The first-order valence-corrected chi connectivity index (χ1v) is 6.65. The minimum absolute atomic E-state index is 0.297. The van der Waals surface area contributed by atoms with E-state index in [0.29, 0.717) is 19.1 Å². The Balaban J connectivity index is 2.57. The fraction of sp³-hybridized carbons (Fsp3) is 0.375. The van der Waals surface area contributed by atoms with Crippen molar-refractivity contribution >= 4 is 0 Å². The van der Waals surface area contributed by atoms with Gasteiger partial charge in [-0.3, -0.25) is 0 Å². The molecule has 0 saturated carbocycles. The number of nitrogens with zero attached hydrogens (tertiary/aromatic N) is 1. The lowest BCUT2D eigenvalue weighted by atomic mass is 10.1. The average molecular weight is 259 g/mol. The van der Waals surface area contributed by atoms with Gasteiger partial charge in [-0.05, 0) is 18.4 Å². The predicted octanol–water partition coefficient (Wildman–Crippen LogP) is 2.32. The molecule has 0 aromatic rings. The van der Waals surface area contributed by atoms with Crippen LogP contribution in [-0.4, -0.2) is 30.6 Å². The van der Waals surface area contributed by atoms with Crippen LogP contribution < -0.4 is 11.1 Å². The topological polar surface area (TPSA) is 41.3 Å². The molecular weight excluding hydrogens is 234 g/mol. The third-order valence-corrected chi connectivity index (χ3v) is 3.41. The van der Waals surface area contributed by atoms with Crippen LogP contribution in [0.15, 0.2) is 61.5 Å². The molecular formula is C16H25N3. The van der Waals surface area contributed by atoms with E-state index in [1.165, 1.54) is 0 Å². The summed E-state index contributed by atoms with van der Waals surface area (Å²) in [5, 5.41) is 3.36. The fourth-order valence-corrected chi connectivity index (χ4v) is 2.31. The second-order valence-corrected chi connectivity index (χ2v) is 4.68. The van der Waals surface area contributed by atoms with Gasteiger partial charge in [-0.25, -0.2) is 0 Å². The fourth-order valence-electron chi connectivity index (χ4n) is 2.31. The summed E-state index contributed by atoms with van der Waals surface area (Å²) in [4.78, 5) is 2.25. The molecule has 1 atom stereocenters. The van der Waals surface area contributed by atoms with E-state index in [1.54, 1.807) is 6.08 Å². The van der Waals surface area contributed by atoms with E-state index in [2.05, 4.69) is 36.5 Å². The molecule has 3 heteroatoms. The minimum atomic E-state index is 0.297. The molecule has 0 aromatic heterocycles. The van der Waals surface area contributed by atoms with Crippen LogP contribution in [0.1, 0.15) is 12.8 Å². The summed E-state index contributed by atoms with van der Waals surface area (Å²) in [5.74, 6) is 0. The summed E-state index contributed by atoms with van der Waals surface area (Å²) in [7, 11) is 0. The van der Waals surface area contributed by atoms with Gasteiger partial charge in [-0.2, -0.15) is 0 Å². The number of likely N-dealkylation sites (tertiary alicyclic amines) is 1. The number of allylic oxidation sites excluding steroid dienone is 2. The first-order valence-electron chi connectivity index (χ1n) is 6.65. The molecule has 0 amide bonds. The first-order chi connectivity index (χ1) is 9.13. The largest absolute Gasteiger partial charge is 0.383 e. The highest BCUT2D eigenvalue weighted by Crippen LogP contribution is 2.24. The van der Waals surface area contributed by atoms with Gasteiger partial charge < -0.3 is 16.0 Å². The van der Waals surface area contributed by atoms with Crippen molar-refractivity contribution in [3.63, 3.8) is 0 Å². The Bertz CT molecular complexity index is 393. The summed E-state index contributed by atoms with van der Waals surface area (Å²) in [6.07, 6.45) is 7.78. The lowest BCUT2D eigenvalue weighted by molar-refractivity contribution is 0.342. The van der Waals surface area contributed by atoms with Gasteiger partial charge in [0.15, 0.2) is 0 Å². The van der Waals surface area contributed by atoms with Crippen molar-refractivity contribution in [2.75, 3.05) is 19.6 Å². The van der Waals surface area contributed by atoms with Crippen molar-refractivity contribution in [3.05, 3.63) is 61.5 Å². The highest BCUT2D eigenvalue weighted by molar-refractivity contribution is 5.24. The Morgan fingerprint density at radius 2 is 2.11 bits per heavy atom. The molecule has 0 aromatic carbocycles. The van der Waals surface area contributed by atoms with Crippen molar-refractivity contribution < 1.29 is 0 Å². The van der Waals surface area contributed by atoms with Crippen LogP contribution in [0.4, 0.5) is 0 Å². The Labute approximate surface area is 116 Å². The maximum Gasteiger partial charge on any atom is 0.0680 e. The van der Waals surface area contributed by atoms with Crippen LogP contribution in [0, 0.1) is 0 Å². The molecule has 104 valence electrons. The molecule has 0 radical (unpaired) electrons. The smallest absolute Gasteiger partial charge is 0.0680 e. The molecule has 0 spiro atoms. The van der Waals surface area contributed by atoms with Crippen LogP contribution in [0.3, 0.4) is 0 Å². The minimum Gasteiger partial charge on any atom is -0.383 e. The van der Waals surface area contributed by atoms with Crippen LogP contribution >= 0.6 is 0 Å². The van der Waals surface area contributed by atoms with Crippen LogP contribution in [0.2, 0.25) is 0 Å². The molecule has 1 fully saturated rings. The summed E-state index contributed by atoms with van der Waals surface area (Å²) in [6, 6.07) is 0.297. The maximum atomic E-state index is 5.67. The molecule has 1 unspecified atom stereocenters. The monoisotopic (exact) mass is 259 g/mol. The molecule has 1 aliphatic rings. The van der Waals surface area contributed by atoms with E-state index in [9.17, 15) is 0 Å². The molecule has 1 aliphatic heterocycles. The van der Waals surface area contributed by atoms with Crippen LogP contribution in [-0.2, 0) is 0 Å². The van der Waals surface area contributed by atoms with E-state index in [-0.39, 0.29) is 0 Å². The highest BCUT2D eigenvalue weighted by Gasteiger charge is 2.26. The second-order valence-electron chi connectivity index (χ2n) is 4.68. The lowest BCUT2D eigenvalue weighted by Crippen LogP contribution is -2.37. The summed E-state index contributed by atoms with van der Waals surface area (Å²) >= 11 is 0. The molecule has 3 nitrogen and oxygen atoms in total. The number of nitrogens with two attached hydrogens (primary N) is 1. The van der Waals surface area contributed by atoms with Crippen molar-refractivity contribution in [1.82, 2.24) is 10.2 Å². The van der Waals surface area contributed by atoms with Gasteiger partial charge in [0.05, 0.1) is 6.04 Å². The van der Waals surface area contributed by atoms with Crippen LogP contribution in [0.25, 0.3) is 0 Å². The number of hydrogen-bond acceptors (Lipinski definition) is 3. The third-order valence-electron chi connectivity index (χ3n) is 3.41. The molecule has 1 saturated heterocycles. The molecule has 0 aliphatic carbocycles. The Morgan fingerprint density at radius 1 is 1.37 bits per heavy atom. The van der Waals surface area contributed by atoms with E-state index in [1.807, 2.05) is 12.2 Å². The van der Waals surface area contributed by atoms with E-state index < -0.39 is 0 Å². The van der Waals surface area contributed by atoms with Gasteiger partial charge in [0, 0.05) is 31.0 Å². The summed E-state index contributed by atoms with van der Waals surface area (Å²) in [6.45, 7) is 17.9. The molecule has 1 heterocycles. The lowest BCUT2D eigenvalue weighted by Gasteiger charge is -2.30. The van der Waals surface area contributed by atoms with Gasteiger partial charge in [-0.1, -0.05) is 44.5 Å². The zero-order chi connectivity index (χ0) is 14.3. The van der Waals surface area contributed by atoms with E-state index in [0.717, 1.165) is 36.4 Å². The molecule has 0 bridgehead atoms. The van der Waals surface area contributed by atoms with Gasteiger partial charge in [0.25, 0.3) is 0 Å². The molecule has 19 heavy (non-hydrogen) atoms. The summed E-state index contributed by atoms with van der Waals surface area (Å²) in [5.41, 5.74) is 8.77. The zero-order valence-corrected chi connectivity index (χ0v) is 11.7. The number of rotatable bonds is 8. The second kappa shape index (κ2) is 7.64. The maximum absolute atomic E-state index is 5.67. The molecule has 1 rings (SSSR count). The quantitative estimate of drug-likeness (QED) is 0.657. The Morgan fingerprint density at radius 3 is 2.68 bits per heavy atom. The Kier molecular flexibility index (Phi) is 6.16. The van der Waals surface area contributed by atoms with Gasteiger partial charge >= 0.3 is 0 Å². The summed E-state index contributed by atoms with van der Waals surface area (Å²) < 4.78 is 0. The SMILES string of the molecule is C=C/C=C(\C=C)CNC(=C)C1CCCN1C(=C)CN. The molecule has 3 N–H and O–H groups in total. The van der Waals surface area contributed by atoms with Gasteiger partial charge in [0.1, 0.15) is 0 Å². The standard InChI is InChI=1S/C16H25N3/c1-5-8-15(6-2)12-18-14(4)16-9-7-10-19(16)13(3)11-17/h5-6,8,16,18H,1-4,7,9-12,17H2/b15-8+. The van der Waals surface area contributed by atoms with Crippen molar-refractivity contribution in [2.45, 2.75) is 18.9 Å². The van der Waals surface area contributed by atoms with E-state index >= 15 is 0 Å². The third kappa shape index (κ3) is 4.14. The van der Waals surface area contributed by atoms with Crippen molar-refractivity contribution in [3.8, 4) is 0 Å². The first kappa shape index (κ1) is 15.3. The van der Waals surface area contributed by atoms with Crippen molar-refractivity contribution in [1.29, 1.82) is 0 Å². The highest BCUT2D eigenvalue weighted by atomic mass is 15.2. The predicted molar refractivity (Wildman–Crippen MR) is 83.5 cm³/mol. The van der Waals surface area contributed by atoms with Gasteiger partial charge in [-0.15, -0.1) is 0 Å². The zero-order valence-electron chi connectivity index (χ0n) is 11.7. The average Bonchev–Trinajstić information content (AvgIpc) is 2.91. The van der Waals surface area contributed by atoms with Crippen LogP contribution in [0.5, 0.6) is 0 Å². The van der Waals surface area contributed by atoms with E-state index in [4.69, 9.17) is 5.73 Å². The number of nitrogens with one attached hydrogen (secondary N) is 1. The Hall–Kier alpha value is -1.74.